The summed E-state index contributed by atoms with van der Waals surface area (Å²) in [5, 5.41) is 0. The molecule has 0 aromatic carbocycles. The Morgan fingerprint density at radius 2 is 1.92 bits per heavy atom. The van der Waals surface area contributed by atoms with Crippen LogP contribution < -0.4 is 5.73 Å². The molecule has 72 valence electrons. The minimum absolute atomic E-state index is 0.367. The molecule has 2 unspecified atom stereocenters. The molecule has 0 radical (unpaired) electrons. The van der Waals surface area contributed by atoms with Crippen molar-refractivity contribution in [3.8, 4) is 0 Å². The first-order valence-electron chi connectivity index (χ1n) is 4.91. The van der Waals surface area contributed by atoms with Crippen molar-refractivity contribution in [1.29, 1.82) is 0 Å². The highest BCUT2D eigenvalue weighted by molar-refractivity contribution is 4.91. The van der Waals surface area contributed by atoms with E-state index in [1.807, 2.05) is 0 Å². The van der Waals surface area contributed by atoms with Crippen LogP contribution in [0.2, 0.25) is 0 Å². The molecule has 0 amide bonds. The van der Waals surface area contributed by atoms with Crippen molar-refractivity contribution < 1.29 is 4.74 Å². The predicted octanol–water partition coefficient (Wildman–Crippen LogP) is 1.99. The predicted molar refractivity (Wildman–Crippen MR) is 50.7 cm³/mol. The van der Waals surface area contributed by atoms with E-state index in [4.69, 9.17) is 10.5 Å². The molecule has 12 heavy (non-hydrogen) atoms. The summed E-state index contributed by atoms with van der Waals surface area (Å²) in [6, 6.07) is 0. The van der Waals surface area contributed by atoms with Crippen LogP contribution in [0.5, 0.6) is 0 Å². The molecule has 0 bridgehead atoms. The van der Waals surface area contributed by atoms with Crippen LogP contribution in [0.1, 0.15) is 34.1 Å². The first-order valence-corrected chi connectivity index (χ1v) is 4.91. The largest absolute Gasteiger partial charge is 0.360 e. The monoisotopic (exact) mass is 171 g/mol. The molecule has 2 atom stereocenters. The molecule has 2 N–H and O–H groups in total. The van der Waals surface area contributed by atoms with Gasteiger partial charge in [-0.25, -0.2) is 0 Å². The third-order valence-corrected chi connectivity index (χ3v) is 3.07. The van der Waals surface area contributed by atoms with E-state index in [1.54, 1.807) is 0 Å². The van der Waals surface area contributed by atoms with Crippen molar-refractivity contribution in [2.75, 3.05) is 6.61 Å². The fourth-order valence-corrected chi connectivity index (χ4v) is 2.14. The molecule has 0 aromatic heterocycles. The molecule has 0 saturated carbocycles. The number of hydrogen-bond acceptors (Lipinski definition) is 2. The maximum Gasteiger partial charge on any atom is 0.122 e. The molecule has 2 nitrogen and oxygen atoms in total. The van der Waals surface area contributed by atoms with Crippen LogP contribution in [-0.2, 0) is 4.74 Å². The fourth-order valence-electron chi connectivity index (χ4n) is 2.14. The van der Waals surface area contributed by atoms with E-state index in [-0.39, 0.29) is 5.72 Å². The Balaban J connectivity index is 2.74. The molecule has 1 rings (SSSR count). The number of hydrogen-bond donors (Lipinski definition) is 1. The molecule has 0 spiro atoms. The van der Waals surface area contributed by atoms with Gasteiger partial charge < -0.3 is 10.5 Å². The van der Waals surface area contributed by atoms with E-state index < -0.39 is 0 Å². The number of rotatable bonds is 2. The zero-order chi connectivity index (χ0) is 9.35. The highest BCUT2D eigenvalue weighted by Gasteiger charge is 2.44. The van der Waals surface area contributed by atoms with Crippen LogP contribution in [-0.4, -0.2) is 12.3 Å². The molecule has 1 fully saturated rings. The van der Waals surface area contributed by atoms with Crippen molar-refractivity contribution in [3.05, 3.63) is 0 Å². The highest BCUT2D eigenvalue weighted by Crippen LogP contribution is 2.38. The topological polar surface area (TPSA) is 35.2 Å². The lowest BCUT2D eigenvalue weighted by atomic mass is 9.80. The van der Waals surface area contributed by atoms with E-state index in [2.05, 4.69) is 27.7 Å². The van der Waals surface area contributed by atoms with Gasteiger partial charge in [-0.05, 0) is 18.3 Å². The molecule has 2 heteroatoms. The molecular formula is C10H21NO. The maximum absolute atomic E-state index is 6.22. The Morgan fingerprint density at radius 1 is 1.33 bits per heavy atom. The van der Waals surface area contributed by atoms with E-state index in [0.29, 0.717) is 17.8 Å². The summed E-state index contributed by atoms with van der Waals surface area (Å²) >= 11 is 0. The van der Waals surface area contributed by atoms with Gasteiger partial charge in [0.05, 0.1) is 0 Å². The molecule has 0 aromatic rings. The first kappa shape index (κ1) is 10.0. The summed E-state index contributed by atoms with van der Waals surface area (Å²) in [4.78, 5) is 0. The van der Waals surface area contributed by atoms with Crippen LogP contribution >= 0.6 is 0 Å². The van der Waals surface area contributed by atoms with Crippen molar-refractivity contribution in [2.24, 2.45) is 23.5 Å². The minimum atomic E-state index is -0.367. The van der Waals surface area contributed by atoms with Gasteiger partial charge in [-0.15, -0.1) is 0 Å². The Bertz CT molecular complexity index is 156. The van der Waals surface area contributed by atoms with E-state index >= 15 is 0 Å². The van der Waals surface area contributed by atoms with Gasteiger partial charge >= 0.3 is 0 Å². The average Bonchev–Trinajstić information content (AvgIpc) is 2.32. The second-order valence-electron chi connectivity index (χ2n) is 4.50. The van der Waals surface area contributed by atoms with Crippen molar-refractivity contribution in [2.45, 2.75) is 39.8 Å². The minimum Gasteiger partial charge on any atom is -0.360 e. The van der Waals surface area contributed by atoms with Gasteiger partial charge in [-0.1, -0.05) is 27.7 Å². The van der Waals surface area contributed by atoms with Gasteiger partial charge in [0.15, 0.2) is 0 Å². The van der Waals surface area contributed by atoms with Crippen LogP contribution in [0.3, 0.4) is 0 Å². The summed E-state index contributed by atoms with van der Waals surface area (Å²) < 4.78 is 5.65. The van der Waals surface area contributed by atoms with Gasteiger partial charge in [0.2, 0.25) is 0 Å². The van der Waals surface area contributed by atoms with Crippen LogP contribution in [0.4, 0.5) is 0 Å². The Hall–Kier alpha value is -0.0800. The third-order valence-electron chi connectivity index (χ3n) is 3.07. The van der Waals surface area contributed by atoms with Gasteiger partial charge in [0.25, 0.3) is 0 Å². The standard InChI is InChI=1S/C10H21NO/c1-7(2)9-5-6-12-10(9,11)8(3)4/h7-9H,5-6,11H2,1-4H3. The van der Waals surface area contributed by atoms with Crippen molar-refractivity contribution in [3.63, 3.8) is 0 Å². The molecule has 1 aliphatic rings. The van der Waals surface area contributed by atoms with Crippen LogP contribution in [0.15, 0.2) is 0 Å². The smallest absolute Gasteiger partial charge is 0.122 e. The molecule has 1 saturated heterocycles. The van der Waals surface area contributed by atoms with Gasteiger partial charge in [-0.3, -0.25) is 0 Å². The van der Waals surface area contributed by atoms with Crippen molar-refractivity contribution >= 4 is 0 Å². The summed E-state index contributed by atoms with van der Waals surface area (Å²) in [6.45, 7) is 9.56. The Labute approximate surface area is 75.5 Å². The van der Waals surface area contributed by atoms with E-state index in [0.717, 1.165) is 13.0 Å². The number of nitrogens with two attached hydrogens (primary N) is 1. The van der Waals surface area contributed by atoms with Crippen LogP contribution in [0, 0.1) is 17.8 Å². The second-order valence-corrected chi connectivity index (χ2v) is 4.50. The van der Waals surface area contributed by atoms with Crippen LogP contribution in [0.25, 0.3) is 0 Å². The fraction of sp³-hybridized carbons (Fsp3) is 1.00. The van der Waals surface area contributed by atoms with Gasteiger partial charge in [-0.2, -0.15) is 0 Å². The highest BCUT2D eigenvalue weighted by atomic mass is 16.5. The Kier molecular flexibility index (Phi) is 2.79. The SMILES string of the molecule is CC(C)C1CCOC1(N)C(C)C. The summed E-state index contributed by atoms with van der Waals surface area (Å²) in [7, 11) is 0. The Morgan fingerprint density at radius 3 is 2.25 bits per heavy atom. The van der Waals surface area contributed by atoms with Gasteiger partial charge in [0.1, 0.15) is 5.72 Å². The van der Waals surface area contributed by atoms with E-state index in [9.17, 15) is 0 Å². The molecule has 0 aliphatic carbocycles. The lowest BCUT2D eigenvalue weighted by Crippen LogP contribution is -2.51. The molecule has 1 aliphatic heterocycles. The molecular weight excluding hydrogens is 150 g/mol. The summed E-state index contributed by atoms with van der Waals surface area (Å²) in [5.41, 5.74) is 5.86. The maximum atomic E-state index is 6.22. The second kappa shape index (κ2) is 3.35. The normalized spacial score (nSPS) is 36.8. The summed E-state index contributed by atoms with van der Waals surface area (Å²) in [5.74, 6) is 1.56. The lowest BCUT2D eigenvalue weighted by molar-refractivity contribution is -0.0634. The molecule has 1 heterocycles. The zero-order valence-electron chi connectivity index (χ0n) is 8.63. The third kappa shape index (κ3) is 1.50. The van der Waals surface area contributed by atoms with Crippen molar-refractivity contribution in [1.82, 2.24) is 0 Å². The number of ether oxygens (including phenoxy) is 1. The summed E-state index contributed by atoms with van der Waals surface area (Å²) in [6.07, 6.45) is 1.12. The van der Waals surface area contributed by atoms with E-state index in [1.165, 1.54) is 0 Å². The zero-order valence-corrected chi connectivity index (χ0v) is 8.63. The lowest BCUT2D eigenvalue weighted by Gasteiger charge is -2.36. The van der Waals surface area contributed by atoms with Gasteiger partial charge in [0, 0.05) is 12.5 Å². The quantitative estimate of drug-likeness (QED) is 0.689. The first-order chi connectivity index (χ1) is 5.48. The average molecular weight is 171 g/mol.